The lowest BCUT2D eigenvalue weighted by Crippen LogP contribution is -2.15. The summed E-state index contributed by atoms with van der Waals surface area (Å²) in [5.41, 5.74) is 1.69. The number of halogens is 1. The van der Waals surface area contributed by atoms with Gasteiger partial charge in [0, 0.05) is 10.6 Å². The Labute approximate surface area is 149 Å². The van der Waals surface area contributed by atoms with Gasteiger partial charge in [0.2, 0.25) is 5.16 Å². The maximum atomic E-state index is 12.8. The zero-order valence-corrected chi connectivity index (χ0v) is 15.4. The van der Waals surface area contributed by atoms with Crippen molar-refractivity contribution in [2.45, 2.75) is 17.0 Å². The van der Waals surface area contributed by atoms with E-state index >= 15 is 0 Å². The molecule has 0 aliphatic rings. The Morgan fingerprint density at radius 3 is 2.25 bits per heavy atom. The molecule has 0 unspecified atom stereocenters. The summed E-state index contributed by atoms with van der Waals surface area (Å²) in [5.74, 6) is 0.340. The fourth-order valence-electron chi connectivity index (χ4n) is 2.10. The summed E-state index contributed by atoms with van der Waals surface area (Å²) in [6.45, 7) is 1.90. The quantitative estimate of drug-likeness (QED) is 0.644. The lowest BCUT2D eigenvalue weighted by Gasteiger charge is -2.06. The minimum Gasteiger partial charge on any atom is -0.200 e. The largest absolute Gasteiger partial charge is 0.285 e. The van der Waals surface area contributed by atoms with Crippen LogP contribution in [0, 0.1) is 6.92 Å². The molecular formula is C16H14ClN3O2S2. The highest BCUT2D eigenvalue weighted by molar-refractivity contribution is 7.99. The Kier molecular flexibility index (Phi) is 4.67. The Morgan fingerprint density at radius 1 is 1.04 bits per heavy atom. The van der Waals surface area contributed by atoms with E-state index in [-0.39, 0.29) is 4.90 Å². The maximum Gasteiger partial charge on any atom is 0.285 e. The molecule has 0 atom stereocenters. The third kappa shape index (κ3) is 3.19. The van der Waals surface area contributed by atoms with Crippen LogP contribution < -0.4 is 0 Å². The Balaban J connectivity index is 2.10. The molecule has 5 nitrogen and oxygen atoms in total. The maximum absolute atomic E-state index is 12.8. The van der Waals surface area contributed by atoms with Crippen LogP contribution in [0.3, 0.4) is 0 Å². The highest BCUT2D eigenvalue weighted by atomic mass is 35.5. The normalized spacial score (nSPS) is 11.6. The first kappa shape index (κ1) is 17.0. The van der Waals surface area contributed by atoms with Gasteiger partial charge in [-0.15, -0.1) is 9.19 Å². The fourth-order valence-corrected chi connectivity index (χ4v) is 4.23. The van der Waals surface area contributed by atoms with Crippen LogP contribution in [0.15, 0.2) is 58.6 Å². The van der Waals surface area contributed by atoms with Gasteiger partial charge in [0.25, 0.3) is 10.0 Å². The van der Waals surface area contributed by atoms with Crippen molar-refractivity contribution in [1.29, 1.82) is 0 Å². The smallest absolute Gasteiger partial charge is 0.200 e. The molecule has 0 saturated carbocycles. The number of nitrogens with zero attached hydrogens (tertiary/aromatic N) is 3. The van der Waals surface area contributed by atoms with Gasteiger partial charge in [-0.3, -0.25) is 0 Å². The number of rotatable bonds is 4. The molecule has 0 amide bonds. The van der Waals surface area contributed by atoms with E-state index in [1.54, 1.807) is 54.8 Å². The summed E-state index contributed by atoms with van der Waals surface area (Å²) < 4.78 is 26.7. The average molecular weight is 380 g/mol. The second kappa shape index (κ2) is 6.58. The lowest BCUT2D eigenvalue weighted by atomic mass is 10.2. The number of hydrogen-bond acceptors (Lipinski definition) is 5. The summed E-state index contributed by atoms with van der Waals surface area (Å²) in [7, 11) is -3.80. The molecule has 0 N–H and O–H groups in total. The third-order valence-corrected chi connectivity index (χ3v) is 5.96. The van der Waals surface area contributed by atoms with Gasteiger partial charge in [0.1, 0.15) is 0 Å². The summed E-state index contributed by atoms with van der Waals surface area (Å²) in [5, 5.41) is 5.10. The Morgan fingerprint density at radius 2 is 1.67 bits per heavy atom. The topological polar surface area (TPSA) is 64.8 Å². The van der Waals surface area contributed by atoms with Crippen LogP contribution in [0.2, 0.25) is 5.02 Å². The predicted octanol–water partition coefficient (Wildman–Crippen LogP) is 3.87. The van der Waals surface area contributed by atoms with Gasteiger partial charge in [-0.2, -0.15) is 13.4 Å². The Hall–Kier alpha value is -1.83. The molecular weight excluding hydrogens is 366 g/mol. The first-order chi connectivity index (χ1) is 11.4. The van der Waals surface area contributed by atoms with E-state index in [0.29, 0.717) is 21.6 Å². The fraction of sp³-hybridized carbons (Fsp3) is 0.125. The molecule has 24 heavy (non-hydrogen) atoms. The molecule has 0 aliphatic carbocycles. The van der Waals surface area contributed by atoms with Crippen molar-refractivity contribution < 1.29 is 8.42 Å². The molecule has 2 aromatic carbocycles. The predicted molar refractivity (Wildman–Crippen MR) is 96.0 cm³/mol. The molecule has 0 radical (unpaired) electrons. The molecule has 1 aromatic heterocycles. The summed E-state index contributed by atoms with van der Waals surface area (Å²) >= 11 is 7.11. The van der Waals surface area contributed by atoms with E-state index in [2.05, 4.69) is 10.1 Å². The van der Waals surface area contributed by atoms with E-state index in [9.17, 15) is 8.42 Å². The number of aryl methyl sites for hydroxylation is 1. The van der Waals surface area contributed by atoms with Gasteiger partial charge >= 0.3 is 0 Å². The lowest BCUT2D eigenvalue weighted by molar-refractivity contribution is 0.573. The second-order valence-electron chi connectivity index (χ2n) is 5.09. The second-order valence-corrected chi connectivity index (χ2v) is 8.07. The third-order valence-electron chi connectivity index (χ3n) is 3.38. The van der Waals surface area contributed by atoms with E-state index in [1.807, 2.05) is 6.92 Å². The minimum atomic E-state index is -3.80. The Bertz CT molecular complexity index is 966. The molecule has 0 aliphatic heterocycles. The van der Waals surface area contributed by atoms with Crippen molar-refractivity contribution >= 4 is 33.4 Å². The van der Waals surface area contributed by atoms with Crippen LogP contribution >= 0.6 is 23.4 Å². The highest BCUT2D eigenvalue weighted by Gasteiger charge is 2.24. The molecule has 0 spiro atoms. The summed E-state index contributed by atoms with van der Waals surface area (Å²) in [4.78, 5) is 4.51. The summed E-state index contributed by atoms with van der Waals surface area (Å²) in [6, 6.07) is 13.6. The number of hydrogen-bond donors (Lipinski definition) is 0. The zero-order chi connectivity index (χ0) is 17.3. The number of aromatic nitrogens is 3. The average Bonchev–Trinajstić information content (AvgIpc) is 3.01. The SMILES string of the molecule is CSc1nc(-c2ccc(Cl)cc2)nn1S(=O)(=O)c1ccc(C)cc1. The van der Waals surface area contributed by atoms with Gasteiger partial charge in [-0.05, 0) is 49.6 Å². The van der Waals surface area contributed by atoms with Crippen LogP contribution in [0.1, 0.15) is 5.56 Å². The van der Waals surface area contributed by atoms with Crippen molar-refractivity contribution in [3.05, 3.63) is 59.1 Å². The van der Waals surface area contributed by atoms with Gasteiger partial charge < -0.3 is 0 Å². The minimum absolute atomic E-state index is 0.177. The van der Waals surface area contributed by atoms with E-state index in [4.69, 9.17) is 11.6 Å². The van der Waals surface area contributed by atoms with Crippen molar-refractivity contribution in [2.24, 2.45) is 0 Å². The number of benzene rings is 2. The van der Waals surface area contributed by atoms with Crippen molar-refractivity contribution in [1.82, 2.24) is 14.2 Å². The zero-order valence-electron chi connectivity index (χ0n) is 13.0. The molecule has 0 fully saturated rings. The van der Waals surface area contributed by atoms with Crippen LogP contribution in [0.25, 0.3) is 11.4 Å². The van der Waals surface area contributed by atoms with Gasteiger partial charge in [0.05, 0.1) is 4.90 Å². The van der Waals surface area contributed by atoms with Crippen LogP contribution in [-0.2, 0) is 10.0 Å². The number of thioether (sulfide) groups is 1. The highest BCUT2D eigenvalue weighted by Crippen LogP contribution is 2.25. The van der Waals surface area contributed by atoms with Crippen LogP contribution in [0.4, 0.5) is 0 Å². The van der Waals surface area contributed by atoms with Crippen molar-refractivity contribution in [3.8, 4) is 11.4 Å². The standard InChI is InChI=1S/C16H14ClN3O2S2/c1-11-3-9-14(10-4-11)24(21,22)20-16(23-2)18-15(19-20)12-5-7-13(17)8-6-12/h3-10H,1-2H3. The molecule has 124 valence electrons. The van der Waals surface area contributed by atoms with Gasteiger partial charge in [0.15, 0.2) is 5.82 Å². The van der Waals surface area contributed by atoms with E-state index in [1.165, 1.54) is 11.8 Å². The molecule has 0 saturated heterocycles. The first-order valence-electron chi connectivity index (χ1n) is 7.01. The molecule has 8 heteroatoms. The van der Waals surface area contributed by atoms with Gasteiger partial charge in [-0.1, -0.05) is 41.1 Å². The van der Waals surface area contributed by atoms with E-state index in [0.717, 1.165) is 9.65 Å². The molecule has 3 aromatic rings. The summed E-state index contributed by atoms with van der Waals surface area (Å²) in [6.07, 6.45) is 1.76. The van der Waals surface area contributed by atoms with Crippen LogP contribution in [-0.4, -0.2) is 28.8 Å². The molecule has 3 rings (SSSR count). The van der Waals surface area contributed by atoms with Crippen LogP contribution in [0.5, 0.6) is 0 Å². The monoisotopic (exact) mass is 379 g/mol. The van der Waals surface area contributed by atoms with Crippen molar-refractivity contribution in [3.63, 3.8) is 0 Å². The molecule has 1 heterocycles. The molecule has 0 bridgehead atoms. The first-order valence-corrected chi connectivity index (χ1v) is 10.1. The van der Waals surface area contributed by atoms with E-state index < -0.39 is 10.0 Å². The van der Waals surface area contributed by atoms with Crippen molar-refractivity contribution in [2.75, 3.05) is 6.26 Å². The van der Waals surface area contributed by atoms with Gasteiger partial charge in [-0.25, -0.2) is 0 Å².